The maximum atomic E-state index is 12.7. The zero-order valence-electron chi connectivity index (χ0n) is 12.5. The number of anilines is 1. The fourth-order valence-corrected chi connectivity index (χ4v) is 2.31. The number of hydrogen-bond donors (Lipinski definition) is 1. The lowest BCUT2D eigenvalue weighted by molar-refractivity contribution is 0.0527. The normalized spacial score (nSPS) is 10.8. The molecule has 0 atom stereocenters. The SMILES string of the molecule is C=Cc1ccc2oc3nc(N)c(C(=O)OCC)cc3c(=O)c2c1. The number of nitrogen functional groups attached to an aromatic ring is 1. The summed E-state index contributed by atoms with van der Waals surface area (Å²) >= 11 is 0. The first-order chi connectivity index (χ1) is 11.0. The van der Waals surface area contributed by atoms with Crippen molar-refractivity contribution in [1.82, 2.24) is 4.98 Å². The molecular weight excluding hydrogens is 296 g/mol. The van der Waals surface area contributed by atoms with Crippen molar-refractivity contribution in [2.24, 2.45) is 0 Å². The minimum atomic E-state index is -0.626. The molecule has 6 heteroatoms. The van der Waals surface area contributed by atoms with E-state index < -0.39 is 5.97 Å². The zero-order chi connectivity index (χ0) is 16.6. The molecule has 116 valence electrons. The first-order valence-electron chi connectivity index (χ1n) is 7.01. The van der Waals surface area contributed by atoms with Gasteiger partial charge < -0.3 is 14.9 Å². The molecule has 0 spiro atoms. The van der Waals surface area contributed by atoms with Gasteiger partial charge in [-0.3, -0.25) is 4.79 Å². The number of aromatic nitrogens is 1. The van der Waals surface area contributed by atoms with E-state index in [-0.39, 0.29) is 34.5 Å². The van der Waals surface area contributed by atoms with E-state index in [0.29, 0.717) is 11.0 Å². The lowest BCUT2D eigenvalue weighted by Gasteiger charge is -2.07. The van der Waals surface area contributed by atoms with Gasteiger partial charge in [-0.05, 0) is 30.7 Å². The Kier molecular flexibility index (Phi) is 3.57. The van der Waals surface area contributed by atoms with Crippen LogP contribution in [0.4, 0.5) is 5.82 Å². The van der Waals surface area contributed by atoms with Crippen LogP contribution in [-0.4, -0.2) is 17.6 Å². The largest absolute Gasteiger partial charge is 0.462 e. The van der Waals surface area contributed by atoms with Crippen molar-refractivity contribution in [3.8, 4) is 0 Å². The quantitative estimate of drug-likeness (QED) is 0.590. The molecule has 0 unspecified atom stereocenters. The molecule has 0 saturated heterocycles. The molecule has 2 heterocycles. The smallest absolute Gasteiger partial charge is 0.341 e. The second kappa shape index (κ2) is 5.57. The van der Waals surface area contributed by atoms with Crippen molar-refractivity contribution in [2.75, 3.05) is 12.3 Å². The molecule has 3 aromatic rings. The molecule has 0 aliphatic rings. The summed E-state index contributed by atoms with van der Waals surface area (Å²) in [4.78, 5) is 28.6. The average molecular weight is 310 g/mol. The van der Waals surface area contributed by atoms with Gasteiger partial charge in [0.05, 0.1) is 17.4 Å². The Bertz CT molecular complexity index is 1000. The monoisotopic (exact) mass is 310 g/mol. The molecule has 23 heavy (non-hydrogen) atoms. The van der Waals surface area contributed by atoms with Crippen molar-refractivity contribution in [3.63, 3.8) is 0 Å². The third kappa shape index (κ3) is 2.44. The number of esters is 1. The van der Waals surface area contributed by atoms with E-state index in [9.17, 15) is 9.59 Å². The maximum absolute atomic E-state index is 12.7. The molecule has 2 N–H and O–H groups in total. The first-order valence-corrected chi connectivity index (χ1v) is 7.01. The van der Waals surface area contributed by atoms with E-state index in [0.717, 1.165) is 5.56 Å². The van der Waals surface area contributed by atoms with Gasteiger partial charge in [0.25, 0.3) is 0 Å². The Morgan fingerprint density at radius 2 is 2.17 bits per heavy atom. The predicted octanol–water partition coefficient (Wildman–Crippen LogP) is 2.74. The van der Waals surface area contributed by atoms with E-state index in [1.807, 2.05) is 0 Å². The Hall–Kier alpha value is -3.15. The molecule has 0 radical (unpaired) electrons. The van der Waals surface area contributed by atoms with Crippen LogP contribution in [0.15, 0.2) is 40.1 Å². The van der Waals surface area contributed by atoms with Gasteiger partial charge in [0.15, 0.2) is 0 Å². The van der Waals surface area contributed by atoms with E-state index in [4.69, 9.17) is 14.9 Å². The lowest BCUT2D eigenvalue weighted by Crippen LogP contribution is -2.12. The standard InChI is InChI=1S/C17H14N2O4/c1-3-9-5-6-13-10(7-9)14(20)11-8-12(17(21)22-4-2)15(18)19-16(11)23-13/h3,5-8H,1,4H2,2H3,(H2,18,19). The van der Waals surface area contributed by atoms with Crippen molar-refractivity contribution in [1.29, 1.82) is 0 Å². The molecular formula is C17H14N2O4. The van der Waals surface area contributed by atoms with Crippen LogP contribution in [0.3, 0.4) is 0 Å². The third-order valence-electron chi connectivity index (χ3n) is 3.45. The molecule has 0 aliphatic heterocycles. The number of carbonyl (C=O) groups is 1. The minimum absolute atomic E-state index is 0.0406. The zero-order valence-corrected chi connectivity index (χ0v) is 12.5. The highest BCUT2D eigenvalue weighted by molar-refractivity contribution is 5.99. The van der Waals surface area contributed by atoms with E-state index in [1.165, 1.54) is 6.07 Å². The molecule has 0 saturated carbocycles. The number of fused-ring (bicyclic) bond motifs is 2. The third-order valence-corrected chi connectivity index (χ3v) is 3.45. The second-order valence-corrected chi connectivity index (χ2v) is 4.89. The van der Waals surface area contributed by atoms with Gasteiger partial charge in [-0.15, -0.1) is 0 Å². The molecule has 3 rings (SSSR count). The van der Waals surface area contributed by atoms with Gasteiger partial charge in [0.1, 0.15) is 17.0 Å². The van der Waals surface area contributed by atoms with Crippen LogP contribution < -0.4 is 11.2 Å². The summed E-state index contributed by atoms with van der Waals surface area (Å²) in [5, 5.41) is 0.562. The average Bonchev–Trinajstić information content (AvgIpc) is 2.54. The summed E-state index contributed by atoms with van der Waals surface area (Å²) in [6, 6.07) is 6.49. The van der Waals surface area contributed by atoms with Crippen LogP contribution in [0.2, 0.25) is 0 Å². The number of pyridine rings is 1. The Morgan fingerprint density at radius 1 is 1.39 bits per heavy atom. The molecule has 1 aromatic carbocycles. The van der Waals surface area contributed by atoms with E-state index >= 15 is 0 Å². The highest BCUT2D eigenvalue weighted by Crippen LogP contribution is 2.22. The van der Waals surface area contributed by atoms with Crippen LogP contribution in [0.25, 0.3) is 28.1 Å². The Morgan fingerprint density at radius 3 is 2.87 bits per heavy atom. The molecule has 0 fully saturated rings. The van der Waals surface area contributed by atoms with Gasteiger partial charge in [-0.25, -0.2) is 4.79 Å². The second-order valence-electron chi connectivity index (χ2n) is 4.89. The summed E-state index contributed by atoms with van der Waals surface area (Å²) in [7, 11) is 0. The van der Waals surface area contributed by atoms with E-state index in [1.54, 1.807) is 31.2 Å². The van der Waals surface area contributed by atoms with Gasteiger partial charge in [-0.2, -0.15) is 4.98 Å². The summed E-state index contributed by atoms with van der Waals surface area (Å²) < 4.78 is 10.5. The molecule has 2 aromatic heterocycles. The Labute approximate surface area is 131 Å². The highest BCUT2D eigenvalue weighted by Gasteiger charge is 2.17. The Balaban J connectivity index is 2.34. The van der Waals surface area contributed by atoms with Crippen LogP contribution in [0.5, 0.6) is 0 Å². The molecule has 6 nitrogen and oxygen atoms in total. The highest BCUT2D eigenvalue weighted by atomic mass is 16.5. The van der Waals surface area contributed by atoms with E-state index in [2.05, 4.69) is 11.6 Å². The number of nitrogens with two attached hydrogens (primary N) is 1. The summed E-state index contributed by atoms with van der Waals surface area (Å²) in [6.45, 7) is 5.56. The summed E-state index contributed by atoms with van der Waals surface area (Å²) in [5.74, 6) is -0.667. The maximum Gasteiger partial charge on any atom is 0.341 e. The number of carbonyl (C=O) groups excluding carboxylic acids is 1. The van der Waals surface area contributed by atoms with Crippen LogP contribution in [-0.2, 0) is 4.74 Å². The number of ether oxygens (including phenoxy) is 1. The van der Waals surface area contributed by atoms with Crippen molar-refractivity contribution in [2.45, 2.75) is 6.92 Å². The number of benzene rings is 1. The fourth-order valence-electron chi connectivity index (χ4n) is 2.31. The van der Waals surface area contributed by atoms with Gasteiger partial charge >= 0.3 is 5.97 Å². The van der Waals surface area contributed by atoms with Crippen LogP contribution in [0.1, 0.15) is 22.8 Å². The topological polar surface area (TPSA) is 95.4 Å². The van der Waals surface area contributed by atoms with Crippen molar-refractivity contribution >= 4 is 39.9 Å². The molecule has 0 amide bonds. The fraction of sp³-hybridized carbons (Fsp3) is 0.118. The van der Waals surface area contributed by atoms with Crippen molar-refractivity contribution in [3.05, 3.63) is 52.2 Å². The molecule has 0 aliphatic carbocycles. The van der Waals surface area contributed by atoms with Gasteiger partial charge in [0.2, 0.25) is 11.1 Å². The molecule has 0 bridgehead atoms. The minimum Gasteiger partial charge on any atom is -0.462 e. The summed E-state index contributed by atoms with van der Waals surface area (Å²) in [6.07, 6.45) is 1.63. The van der Waals surface area contributed by atoms with Crippen LogP contribution in [0, 0.1) is 0 Å². The predicted molar refractivity (Wildman–Crippen MR) is 88.2 cm³/mol. The number of hydrogen-bond acceptors (Lipinski definition) is 6. The lowest BCUT2D eigenvalue weighted by atomic mass is 10.1. The van der Waals surface area contributed by atoms with Gasteiger partial charge in [-0.1, -0.05) is 18.7 Å². The number of rotatable bonds is 3. The van der Waals surface area contributed by atoms with Crippen LogP contribution >= 0.6 is 0 Å². The summed E-state index contributed by atoms with van der Waals surface area (Å²) in [5.41, 5.74) is 6.79. The number of nitrogens with zero attached hydrogens (tertiary/aromatic N) is 1. The van der Waals surface area contributed by atoms with Gasteiger partial charge in [0, 0.05) is 0 Å². The van der Waals surface area contributed by atoms with Crippen molar-refractivity contribution < 1.29 is 13.9 Å². The first kappa shape index (κ1) is 14.8.